The second-order valence-corrected chi connectivity index (χ2v) is 5.80. The molecule has 0 aliphatic heterocycles. The molecule has 0 aliphatic rings. The minimum Gasteiger partial charge on any atom is -0.367 e. The highest BCUT2D eigenvalue weighted by molar-refractivity contribution is 6.31. The number of amides is 1. The Kier molecular flexibility index (Phi) is 5.37. The van der Waals surface area contributed by atoms with Gasteiger partial charge in [-0.2, -0.15) is 0 Å². The summed E-state index contributed by atoms with van der Waals surface area (Å²) in [6.07, 6.45) is 1.52. The molecule has 0 spiro atoms. The Balaban J connectivity index is 1.54. The van der Waals surface area contributed by atoms with Crippen molar-refractivity contribution in [3.8, 4) is 5.69 Å². The van der Waals surface area contributed by atoms with Gasteiger partial charge in [0.15, 0.2) is 0 Å². The summed E-state index contributed by atoms with van der Waals surface area (Å²) in [4.78, 5) is 12.0. The van der Waals surface area contributed by atoms with E-state index in [0.717, 1.165) is 16.8 Å². The summed E-state index contributed by atoms with van der Waals surface area (Å²) in [5.41, 5.74) is 3.30. The highest BCUT2D eigenvalue weighted by Gasteiger charge is 2.07. The third-order valence-corrected chi connectivity index (χ3v) is 3.89. The standard InChI is InChI=1S/C17H16ClN5O2/c1-12-8-14(6-7-16(12)23-11-19-21-22-23)20-17(24)10-25-9-13-4-2-3-5-15(13)18/h2-8,11H,9-10H2,1H3,(H,20,24). The second kappa shape index (κ2) is 7.87. The lowest BCUT2D eigenvalue weighted by Gasteiger charge is -2.10. The highest BCUT2D eigenvalue weighted by atomic mass is 35.5. The predicted octanol–water partition coefficient (Wildman–Crippen LogP) is 2.78. The number of carbonyl (C=O) groups is 1. The number of hydrogen-bond acceptors (Lipinski definition) is 5. The van der Waals surface area contributed by atoms with Crippen molar-refractivity contribution in [2.45, 2.75) is 13.5 Å². The molecular weight excluding hydrogens is 342 g/mol. The van der Waals surface area contributed by atoms with E-state index in [2.05, 4.69) is 20.8 Å². The van der Waals surface area contributed by atoms with Crippen molar-refractivity contribution in [2.24, 2.45) is 0 Å². The van der Waals surface area contributed by atoms with Crippen LogP contribution in [0.5, 0.6) is 0 Å². The average molecular weight is 358 g/mol. The number of halogens is 1. The van der Waals surface area contributed by atoms with Gasteiger partial charge in [-0.15, -0.1) is 5.10 Å². The molecule has 1 N–H and O–H groups in total. The van der Waals surface area contributed by atoms with Crippen LogP contribution in [-0.2, 0) is 16.1 Å². The second-order valence-electron chi connectivity index (χ2n) is 5.39. The summed E-state index contributed by atoms with van der Waals surface area (Å²) in [7, 11) is 0. The number of aryl methyl sites for hydroxylation is 1. The fourth-order valence-corrected chi connectivity index (χ4v) is 2.52. The topological polar surface area (TPSA) is 81.9 Å². The Labute approximate surface area is 149 Å². The maximum atomic E-state index is 12.0. The number of ether oxygens (including phenoxy) is 1. The summed E-state index contributed by atoms with van der Waals surface area (Å²) in [5, 5.41) is 14.5. The van der Waals surface area contributed by atoms with E-state index in [4.69, 9.17) is 16.3 Å². The first-order valence-corrected chi connectivity index (χ1v) is 7.96. The van der Waals surface area contributed by atoms with Gasteiger partial charge in [0.1, 0.15) is 12.9 Å². The first-order valence-electron chi connectivity index (χ1n) is 7.58. The number of carbonyl (C=O) groups excluding carboxylic acids is 1. The molecule has 0 bridgehead atoms. The lowest BCUT2D eigenvalue weighted by atomic mass is 10.2. The molecule has 128 valence electrons. The summed E-state index contributed by atoms with van der Waals surface area (Å²) in [6.45, 7) is 2.14. The monoisotopic (exact) mass is 357 g/mol. The first-order chi connectivity index (χ1) is 12.1. The molecule has 3 aromatic rings. The molecule has 3 rings (SSSR count). The number of tetrazole rings is 1. The minimum absolute atomic E-state index is 0.0565. The van der Waals surface area contributed by atoms with Crippen LogP contribution < -0.4 is 5.32 Å². The summed E-state index contributed by atoms with van der Waals surface area (Å²) in [5.74, 6) is -0.235. The maximum Gasteiger partial charge on any atom is 0.250 e. The predicted molar refractivity (Wildman–Crippen MR) is 93.6 cm³/mol. The van der Waals surface area contributed by atoms with Crippen LogP contribution in [0, 0.1) is 6.92 Å². The van der Waals surface area contributed by atoms with Crippen LogP contribution in [0.2, 0.25) is 5.02 Å². The van der Waals surface area contributed by atoms with Gasteiger partial charge in [-0.3, -0.25) is 4.79 Å². The normalized spacial score (nSPS) is 10.6. The molecule has 0 atom stereocenters. The lowest BCUT2D eigenvalue weighted by molar-refractivity contribution is -0.121. The molecule has 7 nitrogen and oxygen atoms in total. The van der Waals surface area contributed by atoms with E-state index in [1.54, 1.807) is 16.8 Å². The number of benzene rings is 2. The van der Waals surface area contributed by atoms with Gasteiger partial charge < -0.3 is 10.1 Å². The number of nitrogens with zero attached hydrogens (tertiary/aromatic N) is 4. The Hall–Kier alpha value is -2.77. The van der Waals surface area contributed by atoms with Crippen molar-refractivity contribution < 1.29 is 9.53 Å². The van der Waals surface area contributed by atoms with Crippen LogP contribution in [-0.4, -0.2) is 32.7 Å². The van der Waals surface area contributed by atoms with E-state index in [1.165, 1.54) is 6.33 Å². The molecule has 1 aromatic heterocycles. The van der Waals surface area contributed by atoms with Gasteiger partial charge in [-0.05, 0) is 52.7 Å². The van der Waals surface area contributed by atoms with Crippen molar-refractivity contribution >= 4 is 23.2 Å². The zero-order valence-electron chi connectivity index (χ0n) is 13.5. The van der Waals surface area contributed by atoms with Crippen LogP contribution >= 0.6 is 11.6 Å². The van der Waals surface area contributed by atoms with E-state index in [9.17, 15) is 4.79 Å². The highest BCUT2D eigenvalue weighted by Crippen LogP contribution is 2.18. The maximum absolute atomic E-state index is 12.0. The van der Waals surface area contributed by atoms with Crippen LogP contribution in [0.1, 0.15) is 11.1 Å². The fraction of sp³-hybridized carbons (Fsp3) is 0.176. The van der Waals surface area contributed by atoms with Gasteiger partial charge in [0.2, 0.25) is 5.91 Å². The number of nitrogens with one attached hydrogen (secondary N) is 1. The molecule has 0 saturated carbocycles. The first kappa shape index (κ1) is 17.1. The van der Waals surface area contributed by atoms with E-state index in [0.29, 0.717) is 10.7 Å². The molecule has 8 heteroatoms. The molecule has 0 aliphatic carbocycles. The van der Waals surface area contributed by atoms with Gasteiger partial charge in [0.25, 0.3) is 0 Å². The van der Waals surface area contributed by atoms with Gasteiger partial charge in [-0.25, -0.2) is 4.68 Å². The quantitative estimate of drug-likeness (QED) is 0.733. The molecule has 1 heterocycles. The lowest BCUT2D eigenvalue weighted by Crippen LogP contribution is -2.18. The largest absolute Gasteiger partial charge is 0.367 e. The zero-order chi connectivity index (χ0) is 17.6. The van der Waals surface area contributed by atoms with Crippen molar-refractivity contribution in [2.75, 3.05) is 11.9 Å². The molecule has 25 heavy (non-hydrogen) atoms. The fourth-order valence-electron chi connectivity index (χ4n) is 2.33. The van der Waals surface area contributed by atoms with Crippen molar-refractivity contribution in [3.05, 3.63) is 64.9 Å². The summed E-state index contributed by atoms with van der Waals surface area (Å²) in [6, 6.07) is 12.8. The van der Waals surface area contributed by atoms with E-state index in [-0.39, 0.29) is 19.1 Å². The Morgan fingerprint density at radius 2 is 2.12 bits per heavy atom. The molecular formula is C17H16ClN5O2. The molecule has 0 radical (unpaired) electrons. The van der Waals surface area contributed by atoms with Crippen LogP contribution in [0.3, 0.4) is 0 Å². The number of anilines is 1. The third-order valence-electron chi connectivity index (χ3n) is 3.52. The van der Waals surface area contributed by atoms with E-state index >= 15 is 0 Å². The Morgan fingerprint density at radius 3 is 2.84 bits per heavy atom. The van der Waals surface area contributed by atoms with Crippen LogP contribution in [0.4, 0.5) is 5.69 Å². The van der Waals surface area contributed by atoms with Crippen LogP contribution in [0.25, 0.3) is 5.69 Å². The van der Waals surface area contributed by atoms with Crippen molar-refractivity contribution in [1.29, 1.82) is 0 Å². The van der Waals surface area contributed by atoms with E-state index < -0.39 is 0 Å². The number of aromatic nitrogens is 4. The smallest absolute Gasteiger partial charge is 0.250 e. The van der Waals surface area contributed by atoms with Gasteiger partial charge in [0.05, 0.1) is 12.3 Å². The van der Waals surface area contributed by atoms with Gasteiger partial charge in [-0.1, -0.05) is 29.8 Å². The zero-order valence-corrected chi connectivity index (χ0v) is 14.3. The Bertz CT molecular complexity index is 867. The Morgan fingerprint density at radius 1 is 1.28 bits per heavy atom. The van der Waals surface area contributed by atoms with Gasteiger partial charge >= 0.3 is 0 Å². The van der Waals surface area contributed by atoms with Gasteiger partial charge in [0, 0.05) is 10.7 Å². The van der Waals surface area contributed by atoms with E-state index in [1.807, 2.05) is 37.3 Å². The number of rotatable bonds is 6. The third kappa shape index (κ3) is 4.40. The molecule has 0 unspecified atom stereocenters. The summed E-state index contributed by atoms with van der Waals surface area (Å²) < 4.78 is 6.98. The number of hydrogen-bond donors (Lipinski definition) is 1. The van der Waals surface area contributed by atoms with Crippen LogP contribution in [0.15, 0.2) is 48.8 Å². The molecule has 1 amide bonds. The minimum atomic E-state index is -0.235. The van der Waals surface area contributed by atoms with Crippen molar-refractivity contribution in [3.63, 3.8) is 0 Å². The molecule has 0 saturated heterocycles. The SMILES string of the molecule is Cc1cc(NC(=O)COCc2ccccc2Cl)ccc1-n1cnnn1. The molecule has 0 fully saturated rings. The summed E-state index contributed by atoms with van der Waals surface area (Å²) >= 11 is 6.05. The van der Waals surface area contributed by atoms with Crippen molar-refractivity contribution in [1.82, 2.24) is 20.2 Å². The average Bonchev–Trinajstić information content (AvgIpc) is 3.11. The molecule has 2 aromatic carbocycles.